The van der Waals surface area contributed by atoms with E-state index in [1.54, 1.807) is 0 Å². The van der Waals surface area contributed by atoms with Crippen LogP contribution < -0.4 is 11.1 Å². The number of anilines is 1. The first-order valence-electron chi connectivity index (χ1n) is 9.39. The van der Waals surface area contributed by atoms with Crippen molar-refractivity contribution in [1.82, 2.24) is 14.1 Å². The molecule has 2 aromatic heterocycles. The minimum Gasteiger partial charge on any atom is -0.370 e. The van der Waals surface area contributed by atoms with E-state index in [1.807, 2.05) is 18.2 Å². The van der Waals surface area contributed by atoms with E-state index in [2.05, 4.69) is 40.4 Å². The minimum atomic E-state index is -0.181. The van der Waals surface area contributed by atoms with Crippen LogP contribution in [0, 0.1) is 13.8 Å². The maximum absolute atomic E-state index is 6.09. The molecule has 6 heteroatoms. The Bertz CT molecular complexity index is 1020. The molecule has 0 bridgehead atoms. The van der Waals surface area contributed by atoms with Crippen molar-refractivity contribution in [3.63, 3.8) is 0 Å². The second-order valence-corrected chi connectivity index (χ2v) is 7.44. The maximum atomic E-state index is 6.09. The largest absolute Gasteiger partial charge is 0.370 e. The second-order valence-electron chi connectivity index (χ2n) is 7.44. The number of fused-ring (bicyclic) bond motifs is 3. The zero-order chi connectivity index (χ0) is 17.8. The smallest absolute Gasteiger partial charge is 0.212 e. The van der Waals surface area contributed by atoms with E-state index in [0.29, 0.717) is 12.0 Å². The van der Waals surface area contributed by atoms with Crippen molar-refractivity contribution >= 4 is 22.9 Å². The number of nitrogens with zero attached hydrogens (tertiary/aromatic N) is 4. The van der Waals surface area contributed by atoms with E-state index < -0.39 is 0 Å². The molecule has 0 saturated heterocycles. The molecule has 1 aliphatic heterocycles. The van der Waals surface area contributed by atoms with Gasteiger partial charge in [-0.15, -0.1) is 0 Å². The molecule has 1 aromatic carbocycles. The first-order valence-corrected chi connectivity index (χ1v) is 9.39. The van der Waals surface area contributed by atoms with Crippen LogP contribution in [0.15, 0.2) is 35.3 Å². The number of para-hydroxylation sites is 2. The van der Waals surface area contributed by atoms with Gasteiger partial charge in [-0.3, -0.25) is 9.88 Å². The molecule has 134 valence electrons. The molecule has 0 radical (unpaired) electrons. The highest BCUT2D eigenvalue weighted by Gasteiger charge is 2.29. The molecule has 1 fully saturated rings. The average Bonchev–Trinajstić information content (AvgIpc) is 3.31. The highest BCUT2D eigenvalue weighted by Crippen LogP contribution is 2.38. The molecule has 0 spiro atoms. The Hall–Kier alpha value is -2.76. The molecule has 6 nitrogen and oxygen atoms in total. The lowest BCUT2D eigenvalue weighted by molar-refractivity contribution is 0.496. The van der Waals surface area contributed by atoms with E-state index in [1.165, 1.54) is 42.6 Å². The van der Waals surface area contributed by atoms with E-state index in [9.17, 15) is 0 Å². The number of aryl methyl sites for hydroxylation is 1. The summed E-state index contributed by atoms with van der Waals surface area (Å²) in [5.41, 5.74) is 11.9. The molecule has 3 heterocycles. The van der Waals surface area contributed by atoms with Crippen LogP contribution in [-0.4, -0.2) is 20.1 Å². The van der Waals surface area contributed by atoms with Crippen LogP contribution in [0.25, 0.3) is 11.0 Å². The Labute approximate surface area is 152 Å². The monoisotopic (exact) mass is 348 g/mol. The summed E-state index contributed by atoms with van der Waals surface area (Å²) in [5.74, 6) is 1.18. The lowest BCUT2D eigenvalue weighted by Gasteiger charge is -2.24. The number of nitrogens with one attached hydrogen (secondary N) is 1. The summed E-state index contributed by atoms with van der Waals surface area (Å²) in [6.07, 6.45) is 5.01. The van der Waals surface area contributed by atoms with Crippen LogP contribution >= 0.6 is 0 Å². The molecular weight excluding hydrogens is 324 g/mol. The van der Waals surface area contributed by atoms with Gasteiger partial charge in [-0.2, -0.15) is 0 Å². The number of hydrogen-bond acceptors (Lipinski definition) is 4. The first kappa shape index (κ1) is 15.5. The van der Waals surface area contributed by atoms with Gasteiger partial charge in [0.1, 0.15) is 0 Å². The van der Waals surface area contributed by atoms with Gasteiger partial charge in [-0.25, -0.2) is 9.98 Å². The summed E-state index contributed by atoms with van der Waals surface area (Å²) < 4.78 is 4.67. The van der Waals surface area contributed by atoms with Gasteiger partial charge in [0.25, 0.3) is 0 Å². The van der Waals surface area contributed by atoms with E-state index >= 15 is 0 Å². The zero-order valence-corrected chi connectivity index (χ0v) is 15.2. The number of aliphatic imine (C=N–C) groups is 1. The molecule has 3 N–H and O–H groups in total. The second kappa shape index (κ2) is 5.62. The van der Waals surface area contributed by atoms with Gasteiger partial charge in [0.05, 0.1) is 11.0 Å². The van der Waals surface area contributed by atoms with Crippen LogP contribution in [0.2, 0.25) is 0 Å². The average molecular weight is 348 g/mol. The minimum absolute atomic E-state index is 0.181. The van der Waals surface area contributed by atoms with E-state index in [0.717, 1.165) is 17.0 Å². The van der Waals surface area contributed by atoms with Gasteiger partial charge in [-0.05, 0) is 44.9 Å². The number of nitrogens with two attached hydrogens (primary N) is 1. The third-order valence-corrected chi connectivity index (χ3v) is 5.83. The van der Waals surface area contributed by atoms with Crippen molar-refractivity contribution in [2.24, 2.45) is 10.7 Å². The third kappa shape index (κ3) is 2.18. The Morgan fingerprint density at radius 3 is 2.69 bits per heavy atom. The topological polar surface area (TPSA) is 73.2 Å². The van der Waals surface area contributed by atoms with Gasteiger partial charge >= 0.3 is 0 Å². The van der Waals surface area contributed by atoms with Crippen molar-refractivity contribution in [2.45, 2.75) is 51.7 Å². The molecule has 1 atom stereocenters. The standard InChI is InChI=1S/C20H24N6/c1-12-11-15(13(2)25(12)14-7-3-4-8-14)18-23-19(21)24-20-22-16-9-5-6-10-17(16)26(18)20/h5-6,9-11,14,18H,3-4,7-8H2,1-2H3,(H3,21,22,23,24). The molecule has 1 saturated carbocycles. The summed E-state index contributed by atoms with van der Waals surface area (Å²) in [6, 6.07) is 11.1. The molecule has 26 heavy (non-hydrogen) atoms. The molecule has 1 aliphatic carbocycles. The fourth-order valence-electron chi connectivity index (χ4n) is 4.71. The first-order chi connectivity index (χ1) is 12.6. The normalized spacial score (nSPS) is 20.2. The van der Waals surface area contributed by atoms with Gasteiger partial charge in [0.15, 0.2) is 12.1 Å². The summed E-state index contributed by atoms with van der Waals surface area (Å²) in [7, 11) is 0. The predicted molar refractivity (Wildman–Crippen MR) is 105 cm³/mol. The van der Waals surface area contributed by atoms with Gasteiger partial charge in [0.2, 0.25) is 5.95 Å². The Morgan fingerprint density at radius 2 is 1.88 bits per heavy atom. The molecule has 0 amide bonds. The summed E-state index contributed by atoms with van der Waals surface area (Å²) >= 11 is 0. The van der Waals surface area contributed by atoms with Gasteiger partial charge in [0, 0.05) is 23.0 Å². The third-order valence-electron chi connectivity index (χ3n) is 5.83. The number of benzene rings is 1. The SMILES string of the molecule is Cc1cc(C2N=C(N)Nc3nc4ccccc4n32)c(C)n1C1CCCC1. The Balaban J connectivity index is 1.69. The van der Waals surface area contributed by atoms with Crippen LogP contribution in [0.1, 0.15) is 54.8 Å². The zero-order valence-electron chi connectivity index (χ0n) is 15.2. The molecule has 1 unspecified atom stereocenters. The number of imidazole rings is 1. The van der Waals surface area contributed by atoms with Crippen molar-refractivity contribution in [2.75, 3.05) is 5.32 Å². The van der Waals surface area contributed by atoms with Gasteiger partial charge in [-0.1, -0.05) is 25.0 Å². The fourth-order valence-corrected chi connectivity index (χ4v) is 4.71. The highest BCUT2D eigenvalue weighted by atomic mass is 15.4. The lowest BCUT2D eigenvalue weighted by atomic mass is 10.1. The predicted octanol–water partition coefficient (Wildman–Crippen LogP) is 3.86. The fraction of sp³-hybridized carbons (Fsp3) is 0.400. The van der Waals surface area contributed by atoms with Crippen molar-refractivity contribution in [1.29, 1.82) is 0 Å². The number of guanidine groups is 1. The van der Waals surface area contributed by atoms with Crippen molar-refractivity contribution < 1.29 is 0 Å². The number of hydrogen-bond donors (Lipinski definition) is 2. The van der Waals surface area contributed by atoms with Crippen molar-refractivity contribution in [3.8, 4) is 0 Å². The van der Waals surface area contributed by atoms with E-state index in [-0.39, 0.29) is 6.17 Å². The van der Waals surface area contributed by atoms with Crippen molar-refractivity contribution in [3.05, 3.63) is 47.3 Å². The highest BCUT2D eigenvalue weighted by molar-refractivity contribution is 5.94. The van der Waals surface area contributed by atoms with Crippen LogP contribution in [0.5, 0.6) is 0 Å². The molecule has 5 rings (SSSR count). The summed E-state index contributed by atoms with van der Waals surface area (Å²) in [5, 5.41) is 3.12. The number of rotatable bonds is 2. The molecule has 2 aliphatic rings. The van der Waals surface area contributed by atoms with Crippen LogP contribution in [0.4, 0.5) is 5.95 Å². The lowest BCUT2D eigenvalue weighted by Crippen LogP contribution is -2.31. The van der Waals surface area contributed by atoms with E-state index in [4.69, 9.17) is 15.7 Å². The van der Waals surface area contributed by atoms with Crippen LogP contribution in [-0.2, 0) is 0 Å². The summed E-state index contributed by atoms with van der Waals surface area (Å²) in [4.78, 5) is 9.45. The Kier molecular flexibility index (Phi) is 3.35. The summed E-state index contributed by atoms with van der Waals surface area (Å²) in [6.45, 7) is 4.42. The quantitative estimate of drug-likeness (QED) is 0.738. The molecular formula is C20H24N6. The maximum Gasteiger partial charge on any atom is 0.212 e. The Morgan fingerprint density at radius 1 is 1.12 bits per heavy atom. The van der Waals surface area contributed by atoms with Crippen LogP contribution in [0.3, 0.4) is 0 Å². The number of aromatic nitrogens is 3. The molecule has 3 aromatic rings. The van der Waals surface area contributed by atoms with Gasteiger partial charge < -0.3 is 10.3 Å².